The molecule has 1 aromatic heterocycles. The summed E-state index contributed by atoms with van der Waals surface area (Å²) in [5.41, 5.74) is 7.57. The van der Waals surface area contributed by atoms with Crippen molar-refractivity contribution in [2.75, 3.05) is 11.3 Å². The van der Waals surface area contributed by atoms with Gasteiger partial charge in [-0.05, 0) is 71.6 Å². The molecule has 0 unspecified atom stereocenters. The number of nitriles is 1. The number of rotatable bonds is 10. The maximum Gasteiger partial charge on any atom is 0.573 e. The monoisotopic (exact) mass is 691 g/mol. The number of hydrazone groups is 1. The number of esters is 1. The fourth-order valence-electron chi connectivity index (χ4n) is 4.46. The number of thioether (sulfide) groups is 1. The molecule has 0 spiro atoms. The highest BCUT2D eigenvalue weighted by Gasteiger charge is 2.31. The molecular weight excluding hydrogens is 659 g/mol. The van der Waals surface area contributed by atoms with E-state index >= 15 is 0 Å². The zero-order valence-corrected chi connectivity index (χ0v) is 27.9. The molecule has 0 saturated heterocycles. The summed E-state index contributed by atoms with van der Waals surface area (Å²) >= 11 is 1.18. The third kappa shape index (κ3) is 10.2. The molecule has 49 heavy (non-hydrogen) atoms. The first-order valence-corrected chi connectivity index (χ1v) is 15.7. The number of amidine groups is 1. The summed E-state index contributed by atoms with van der Waals surface area (Å²) in [6.45, 7) is 7.46. The van der Waals surface area contributed by atoms with E-state index in [2.05, 4.69) is 45.6 Å². The molecule has 4 rings (SSSR count). The Hall–Kier alpha value is -5.62. The number of aryl methyl sites for hydroxylation is 2. The molecule has 15 heteroatoms. The van der Waals surface area contributed by atoms with Crippen molar-refractivity contribution in [2.45, 2.75) is 40.0 Å². The van der Waals surface area contributed by atoms with E-state index in [0.29, 0.717) is 22.0 Å². The normalized spacial score (nSPS) is 11.8. The highest BCUT2D eigenvalue weighted by molar-refractivity contribution is 8.13. The molecule has 1 amide bonds. The fraction of sp³-hybridized carbons (Fsp3) is 0.235. The molecule has 0 aliphatic carbocycles. The largest absolute Gasteiger partial charge is 0.573 e. The summed E-state index contributed by atoms with van der Waals surface area (Å²) in [5, 5.41) is 21.7. The van der Waals surface area contributed by atoms with Gasteiger partial charge in [0, 0.05) is 25.1 Å². The lowest BCUT2D eigenvalue weighted by atomic mass is 10.00. The van der Waals surface area contributed by atoms with Crippen LogP contribution in [0.25, 0.3) is 11.3 Å². The number of amides is 1. The minimum absolute atomic E-state index is 0.0468. The van der Waals surface area contributed by atoms with Crippen molar-refractivity contribution in [1.82, 2.24) is 15.2 Å². The Morgan fingerprint density at radius 3 is 2.41 bits per heavy atom. The zero-order valence-electron chi connectivity index (χ0n) is 27.1. The molecule has 0 radical (unpaired) electrons. The molecule has 0 bridgehead atoms. The molecule has 0 aliphatic rings. The average molecular weight is 692 g/mol. The van der Waals surface area contributed by atoms with Gasteiger partial charge in [-0.15, -0.1) is 13.2 Å². The molecule has 0 saturated carbocycles. The lowest BCUT2D eigenvalue weighted by molar-refractivity contribution is -0.274. The minimum atomic E-state index is -4.86. The van der Waals surface area contributed by atoms with E-state index in [-0.39, 0.29) is 28.8 Å². The van der Waals surface area contributed by atoms with Crippen molar-refractivity contribution in [2.24, 2.45) is 17.1 Å². The van der Waals surface area contributed by atoms with Crippen molar-refractivity contribution in [3.8, 4) is 23.1 Å². The second kappa shape index (κ2) is 16.0. The van der Waals surface area contributed by atoms with Gasteiger partial charge in [-0.2, -0.15) is 15.5 Å². The van der Waals surface area contributed by atoms with Crippen LogP contribution in [0.3, 0.4) is 0 Å². The van der Waals surface area contributed by atoms with Crippen LogP contribution < -0.4 is 15.5 Å². The van der Waals surface area contributed by atoms with E-state index in [1.165, 1.54) is 35.5 Å². The predicted molar refractivity (Wildman–Crippen MR) is 182 cm³/mol. The van der Waals surface area contributed by atoms with Crippen molar-refractivity contribution in [1.29, 1.82) is 5.26 Å². The molecule has 11 nitrogen and oxygen atoms in total. The van der Waals surface area contributed by atoms with Crippen LogP contribution in [0.4, 0.5) is 24.7 Å². The van der Waals surface area contributed by atoms with Gasteiger partial charge in [-0.25, -0.2) is 4.99 Å². The lowest BCUT2D eigenvalue weighted by Gasteiger charge is -2.12. The highest BCUT2D eigenvalue weighted by atomic mass is 32.2. The van der Waals surface area contributed by atoms with Gasteiger partial charge < -0.3 is 14.8 Å². The van der Waals surface area contributed by atoms with Crippen LogP contribution in [0.2, 0.25) is 0 Å². The first-order chi connectivity index (χ1) is 23.2. The Balaban J connectivity index is 1.49. The van der Waals surface area contributed by atoms with E-state index in [0.717, 1.165) is 28.9 Å². The molecular formula is C34H32F3N7O4S. The van der Waals surface area contributed by atoms with Gasteiger partial charge >= 0.3 is 12.3 Å². The predicted octanol–water partition coefficient (Wildman–Crippen LogP) is 7.41. The highest BCUT2D eigenvalue weighted by Crippen LogP contribution is 2.30. The average Bonchev–Trinajstić information content (AvgIpc) is 3.34. The maximum atomic E-state index is 12.8. The summed E-state index contributed by atoms with van der Waals surface area (Å²) in [7, 11) is 1.55. The number of nitrogens with one attached hydrogen (secondary N) is 2. The number of carbonyl (C=O) groups is 2. The van der Waals surface area contributed by atoms with Gasteiger partial charge in [0.2, 0.25) is 0 Å². The van der Waals surface area contributed by atoms with Crippen LogP contribution in [0.5, 0.6) is 5.75 Å². The Kier molecular flexibility index (Phi) is 11.8. The van der Waals surface area contributed by atoms with Crippen LogP contribution in [-0.4, -0.2) is 45.3 Å². The number of benzene rings is 3. The summed E-state index contributed by atoms with van der Waals surface area (Å²) in [6.07, 6.45) is -3.28. The number of ether oxygens (including phenoxy) is 2. The van der Waals surface area contributed by atoms with E-state index in [1.807, 2.05) is 25.1 Å². The van der Waals surface area contributed by atoms with Crippen molar-refractivity contribution in [3.05, 3.63) is 94.5 Å². The van der Waals surface area contributed by atoms with Crippen molar-refractivity contribution < 1.29 is 32.2 Å². The number of halogens is 3. The van der Waals surface area contributed by atoms with Gasteiger partial charge in [-0.1, -0.05) is 50.2 Å². The molecule has 0 aliphatic heterocycles. The van der Waals surface area contributed by atoms with Crippen LogP contribution in [0, 0.1) is 18.3 Å². The van der Waals surface area contributed by atoms with Crippen LogP contribution in [0.15, 0.2) is 76.8 Å². The number of aromatic nitrogens is 2. The number of hydrogen-bond acceptors (Lipinski definition) is 9. The van der Waals surface area contributed by atoms with Crippen LogP contribution in [-0.2, 0) is 16.6 Å². The smallest absolute Gasteiger partial charge is 0.454 e. The number of alkyl halides is 3. The number of nitrogens with zero attached hydrogens (tertiary/aromatic N) is 5. The molecule has 2 N–H and O–H groups in total. The van der Waals surface area contributed by atoms with E-state index in [4.69, 9.17) is 9.73 Å². The van der Waals surface area contributed by atoms with E-state index in [1.54, 1.807) is 37.5 Å². The second-order valence-corrected chi connectivity index (χ2v) is 11.8. The number of hydrogen-bond donors (Lipinski definition) is 2. The first kappa shape index (κ1) is 36.2. The Morgan fingerprint density at radius 1 is 1.10 bits per heavy atom. The first-order valence-electron chi connectivity index (χ1n) is 14.7. The summed E-state index contributed by atoms with van der Waals surface area (Å²) in [5.74, 6) is -1.14. The Morgan fingerprint density at radius 2 is 1.80 bits per heavy atom. The SMILES string of the molecule is CC(=O)OCSC(=Nc1cc(C)ccc1C(C)C)N/N=C/c1ccc(-c2nn(C)c(NC(=O)c3ccc(OC(F)(F)F)cc3)c2C#N)cc1. The molecule has 254 valence electrons. The third-order valence-electron chi connectivity index (χ3n) is 6.79. The Labute approximate surface area is 284 Å². The molecule has 0 atom stereocenters. The zero-order chi connectivity index (χ0) is 35.7. The number of anilines is 1. The van der Waals surface area contributed by atoms with Crippen LogP contribution in [0.1, 0.15) is 59.3 Å². The van der Waals surface area contributed by atoms with Gasteiger partial charge in [0.25, 0.3) is 5.91 Å². The van der Waals surface area contributed by atoms with Crippen molar-refractivity contribution in [3.63, 3.8) is 0 Å². The standard InChI is InChI=1S/C34H32F3N7O4S/c1-20(2)27-15-6-21(3)16-29(27)40-33(49-19-47-22(4)45)42-39-18-23-7-9-24(10-8-23)30-28(17-38)31(44(5)43-30)41-32(46)25-11-13-26(14-12-25)48-34(35,36)37/h6-16,18,20H,19H2,1-5H3,(H,40,42)(H,41,46)/b39-18+. The minimum Gasteiger partial charge on any atom is -0.454 e. The van der Waals surface area contributed by atoms with E-state index in [9.17, 15) is 28.0 Å². The topological polar surface area (TPSA) is 143 Å². The fourth-order valence-corrected chi connectivity index (χ4v) is 5.07. The summed E-state index contributed by atoms with van der Waals surface area (Å²) < 4.78 is 47.6. The van der Waals surface area contributed by atoms with Gasteiger partial charge in [0.05, 0.1) is 11.9 Å². The van der Waals surface area contributed by atoms with Crippen molar-refractivity contribution >= 4 is 46.5 Å². The van der Waals surface area contributed by atoms with E-state index < -0.39 is 24.0 Å². The summed E-state index contributed by atoms with van der Waals surface area (Å²) in [6, 6.07) is 19.5. The van der Waals surface area contributed by atoms with Gasteiger partial charge in [0.1, 0.15) is 34.8 Å². The molecule has 3 aromatic carbocycles. The maximum absolute atomic E-state index is 12.8. The Bertz CT molecular complexity index is 1910. The lowest BCUT2D eigenvalue weighted by Crippen LogP contribution is -2.18. The second-order valence-electron chi connectivity index (χ2n) is 10.9. The molecule has 0 fully saturated rings. The third-order valence-corrected chi connectivity index (χ3v) is 7.48. The van der Waals surface area contributed by atoms with Gasteiger partial charge in [-0.3, -0.25) is 19.7 Å². The quantitative estimate of drug-likeness (QED) is 0.0576. The van der Waals surface area contributed by atoms with Gasteiger partial charge in [0.15, 0.2) is 5.17 Å². The summed E-state index contributed by atoms with van der Waals surface area (Å²) in [4.78, 5) is 28.9. The number of aliphatic imine (C=N–C) groups is 1. The van der Waals surface area contributed by atoms with Crippen LogP contribution >= 0.6 is 11.8 Å². The number of carbonyl (C=O) groups excluding carboxylic acids is 2. The molecule has 1 heterocycles. The molecule has 4 aromatic rings.